The minimum absolute atomic E-state index is 0.0219. The summed E-state index contributed by atoms with van der Waals surface area (Å²) >= 11 is 6.22. The molecule has 162 valence electrons. The van der Waals surface area contributed by atoms with E-state index in [1.807, 2.05) is 24.3 Å². The van der Waals surface area contributed by atoms with Gasteiger partial charge in [0, 0.05) is 27.7 Å². The van der Waals surface area contributed by atoms with Crippen LogP contribution in [0.5, 0.6) is 5.75 Å². The van der Waals surface area contributed by atoms with Crippen LogP contribution in [-0.4, -0.2) is 70.4 Å². The minimum Gasteiger partial charge on any atom is -0.485 e. The number of rotatable bonds is 6. The third-order valence-corrected chi connectivity index (χ3v) is 7.22. The molecular formula is C21H26ClN3O4S. The monoisotopic (exact) mass is 451 g/mol. The summed E-state index contributed by atoms with van der Waals surface area (Å²) in [7, 11) is 0.864. The molecule has 0 unspecified atom stereocenters. The van der Waals surface area contributed by atoms with Crippen LogP contribution in [0.2, 0.25) is 5.02 Å². The Hall–Kier alpha value is -2.29. The number of fused-ring (bicyclic) bond motifs is 1. The summed E-state index contributed by atoms with van der Waals surface area (Å²) < 4.78 is 32.0. The number of carbonyl (C=O) groups excluding carboxylic acids is 1. The third kappa shape index (κ3) is 4.40. The Morgan fingerprint density at radius 2 is 1.90 bits per heavy atom. The number of anilines is 1. The van der Waals surface area contributed by atoms with Crippen LogP contribution in [0.25, 0.3) is 0 Å². The molecule has 1 atom stereocenters. The SMILES string of the molecule is CCN1C[C@H](CN(C)C(=O)c2cc(S(=O)(=O)N(C)C)ccc2Cl)Oc2ccccc21. The molecule has 0 N–H and O–H groups in total. The first-order chi connectivity index (χ1) is 14.1. The summed E-state index contributed by atoms with van der Waals surface area (Å²) in [6, 6.07) is 12.0. The Morgan fingerprint density at radius 3 is 2.57 bits per heavy atom. The van der Waals surface area contributed by atoms with Crippen LogP contribution in [0, 0.1) is 0 Å². The number of sulfonamides is 1. The molecule has 0 bridgehead atoms. The maximum atomic E-state index is 13.0. The van der Waals surface area contributed by atoms with Gasteiger partial charge < -0.3 is 14.5 Å². The summed E-state index contributed by atoms with van der Waals surface area (Å²) in [6.45, 7) is 3.88. The molecule has 0 spiro atoms. The third-order valence-electron chi connectivity index (χ3n) is 5.08. The van der Waals surface area contributed by atoms with E-state index in [1.54, 1.807) is 7.05 Å². The quantitative estimate of drug-likeness (QED) is 0.675. The number of carbonyl (C=O) groups is 1. The van der Waals surface area contributed by atoms with E-state index in [4.69, 9.17) is 16.3 Å². The van der Waals surface area contributed by atoms with Gasteiger partial charge in [-0.25, -0.2) is 12.7 Å². The zero-order valence-corrected chi connectivity index (χ0v) is 19.1. The Bertz CT molecular complexity index is 1040. The van der Waals surface area contributed by atoms with Crippen molar-refractivity contribution in [2.45, 2.75) is 17.9 Å². The first kappa shape index (κ1) is 22.4. The molecule has 0 aromatic heterocycles. The van der Waals surface area contributed by atoms with Crippen molar-refractivity contribution in [1.29, 1.82) is 0 Å². The van der Waals surface area contributed by atoms with Crippen molar-refractivity contribution in [3.05, 3.63) is 53.1 Å². The van der Waals surface area contributed by atoms with Gasteiger partial charge in [0.25, 0.3) is 5.91 Å². The number of amides is 1. The molecule has 3 rings (SSSR count). The van der Waals surface area contributed by atoms with Gasteiger partial charge in [0.1, 0.15) is 11.9 Å². The predicted octanol–water partition coefficient (Wildman–Crippen LogP) is 2.95. The summed E-state index contributed by atoms with van der Waals surface area (Å²) in [4.78, 5) is 16.8. The van der Waals surface area contributed by atoms with Crippen molar-refractivity contribution in [3.63, 3.8) is 0 Å². The molecule has 1 amide bonds. The molecule has 0 radical (unpaired) electrons. The molecular weight excluding hydrogens is 426 g/mol. The van der Waals surface area contributed by atoms with Crippen molar-refractivity contribution in [2.75, 3.05) is 45.7 Å². The highest BCUT2D eigenvalue weighted by Crippen LogP contribution is 2.33. The maximum Gasteiger partial charge on any atom is 0.255 e. The van der Waals surface area contributed by atoms with Crippen LogP contribution >= 0.6 is 11.6 Å². The first-order valence-electron chi connectivity index (χ1n) is 9.63. The van der Waals surface area contributed by atoms with E-state index >= 15 is 0 Å². The summed E-state index contributed by atoms with van der Waals surface area (Å²) in [5, 5.41) is 0.203. The number of hydrogen-bond acceptors (Lipinski definition) is 5. The second-order valence-electron chi connectivity index (χ2n) is 7.36. The number of halogens is 1. The lowest BCUT2D eigenvalue weighted by molar-refractivity contribution is 0.0709. The lowest BCUT2D eigenvalue weighted by Gasteiger charge is -2.37. The molecule has 2 aromatic rings. The highest BCUT2D eigenvalue weighted by Gasteiger charge is 2.28. The minimum atomic E-state index is -3.67. The largest absolute Gasteiger partial charge is 0.485 e. The van der Waals surface area contributed by atoms with Gasteiger partial charge >= 0.3 is 0 Å². The van der Waals surface area contributed by atoms with Crippen LogP contribution in [0.3, 0.4) is 0 Å². The van der Waals surface area contributed by atoms with E-state index in [2.05, 4.69) is 11.8 Å². The van der Waals surface area contributed by atoms with E-state index in [0.717, 1.165) is 22.3 Å². The standard InChI is InChI=1S/C21H26ClN3O4S/c1-5-25-14-15(29-20-9-7-6-8-19(20)25)13-24(4)21(26)17-12-16(10-11-18(17)22)30(27,28)23(2)3/h6-12,15H,5,13-14H2,1-4H3/t15-/m0/s1. The normalized spacial score (nSPS) is 16.2. The van der Waals surface area contributed by atoms with Crippen molar-refractivity contribution in [3.8, 4) is 5.75 Å². The van der Waals surface area contributed by atoms with Crippen molar-refractivity contribution in [1.82, 2.24) is 9.21 Å². The molecule has 1 aliphatic heterocycles. The fraction of sp³-hybridized carbons (Fsp3) is 0.381. The summed E-state index contributed by atoms with van der Waals surface area (Å²) in [6.07, 6.45) is -0.221. The number of para-hydroxylation sites is 2. The molecule has 1 aliphatic rings. The fourth-order valence-electron chi connectivity index (χ4n) is 3.41. The lowest BCUT2D eigenvalue weighted by Crippen LogP contribution is -2.46. The van der Waals surface area contributed by atoms with Gasteiger partial charge in [-0.1, -0.05) is 23.7 Å². The van der Waals surface area contributed by atoms with Crippen LogP contribution in [0.1, 0.15) is 17.3 Å². The topological polar surface area (TPSA) is 70.2 Å². The van der Waals surface area contributed by atoms with Gasteiger partial charge in [0.05, 0.1) is 34.3 Å². The smallest absolute Gasteiger partial charge is 0.255 e. The van der Waals surface area contributed by atoms with E-state index in [-0.39, 0.29) is 27.5 Å². The number of ether oxygens (including phenoxy) is 1. The van der Waals surface area contributed by atoms with Crippen LogP contribution in [-0.2, 0) is 10.0 Å². The van der Waals surface area contributed by atoms with Crippen LogP contribution in [0.4, 0.5) is 5.69 Å². The van der Waals surface area contributed by atoms with E-state index in [1.165, 1.54) is 37.2 Å². The van der Waals surface area contributed by atoms with Crippen molar-refractivity contribution in [2.24, 2.45) is 0 Å². The van der Waals surface area contributed by atoms with Gasteiger partial charge in [0.15, 0.2) is 0 Å². The summed E-state index contributed by atoms with van der Waals surface area (Å²) in [5.41, 5.74) is 1.18. The van der Waals surface area contributed by atoms with Crippen LogP contribution < -0.4 is 9.64 Å². The Morgan fingerprint density at radius 1 is 1.20 bits per heavy atom. The molecule has 0 saturated heterocycles. The highest BCUT2D eigenvalue weighted by molar-refractivity contribution is 7.89. The Labute approximate surface area is 182 Å². The first-order valence-corrected chi connectivity index (χ1v) is 11.4. The van der Waals surface area contributed by atoms with E-state index in [0.29, 0.717) is 13.1 Å². The van der Waals surface area contributed by atoms with Crippen molar-refractivity contribution >= 4 is 33.2 Å². The Balaban J connectivity index is 1.80. The maximum absolute atomic E-state index is 13.0. The van der Waals surface area contributed by atoms with Crippen LogP contribution in [0.15, 0.2) is 47.4 Å². The molecule has 2 aromatic carbocycles. The number of benzene rings is 2. The molecule has 0 fully saturated rings. The average Bonchev–Trinajstić information content (AvgIpc) is 2.72. The number of nitrogens with zero attached hydrogens (tertiary/aromatic N) is 3. The fourth-order valence-corrected chi connectivity index (χ4v) is 4.53. The summed E-state index contributed by atoms with van der Waals surface area (Å²) in [5.74, 6) is 0.426. The molecule has 9 heteroatoms. The number of likely N-dealkylation sites (N-methyl/N-ethyl adjacent to an activating group) is 2. The van der Waals surface area contributed by atoms with Gasteiger partial charge in [-0.3, -0.25) is 4.79 Å². The molecule has 7 nitrogen and oxygen atoms in total. The van der Waals surface area contributed by atoms with E-state index in [9.17, 15) is 13.2 Å². The number of hydrogen-bond donors (Lipinski definition) is 0. The van der Waals surface area contributed by atoms with Gasteiger partial charge in [-0.15, -0.1) is 0 Å². The van der Waals surface area contributed by atoms with Gasteiger partial charge in [-0.2, -0.15) is 0 Å². The van der Waals surface area contributed by atoms with Gasteiger partial charge in [-0.05, 0) is 37.3 Å². The second-order valence-corrected chi connectivity index (χ2v) is 9.92. The van der Waals surface area contributed by atoms with E-state index < -0.39 is 10.0 Å². The zero-order chi connectivity index (χ0) is 22.1. The van der Waals surface area contributed by atoms with Crippen molar-refractivity contribution < 1.29 is 17.9 Å². The average molecular weight is 452 g/mol. The predicted molar refractivity (Wildman–Crippen MR) is 118 cm³/mol. The lowest BCUT2D eigenvalue weighted by atomic mass is 10.1. The molecule has 30 heavy (non-hydrogen) atoms. The molecule has 0 saturated carbocycles. The second kappa shape index (κ2) is 8.83. The molecule has 1 heterocycles. The molecule has 0 aliphatic carbocycles. The zero-order valence-electron chi connectivity index (χ0n) is 17.5. The Kier molecular flexibility index (Phi) is 6.59. The highest BCUT2D eigenvalue weighted by atomic mass is 35.5. The van der Waals surface area contributed by atoms with Gasteiger partial charge in [0.2, 0.25) is 10.0 Å².